The molecule has 1 heterocycles. The Bertz CT molecular complexity index is 401. The summed E-state index contributed by atoms with van der Waals surface area (Å²) in [5.74, 6) is 0.121. The first-order valence-electron chi connectivity index (χ1n) is 4.07. The van der Waals surface area contributed by atoms with E-state index in [0.29, 0.717) is 11.4 Å². The number of nitrogen functional groups attached to an aromatic ring is 1. The molecule has 0 aliphatic heterocycles. The second-order valence-corrected chi connectivity index (χ2v) is 3.17. The summed E-state index contributed by atoms with van der Waals surface area (Å²) in [5.41, 5.74) is 10.6. The molecule has 4 N–H and O–H groups in total. The number of nitrogens with zero attached hydrogens (tertiary/aromatic N) is 2. The number of benzene rings is 1. The fourth-order valence-corrected chi connectivity index (χ4v) is 1.12. The quantitative estimate of drug-likeness (QED) is 0.749. The highest BCUT2D eigenvalue weighted by Crippen LogP contribution is 1.95. The summed E-state index contributed by atoms with van der Waals surface area (Å²) in [4.78, 5) is 10.4. The smallest absolute Gasteiger partial charge is 0.248 e. The molecule has 1 amide bonds. The molecule has 0 fully saturated rings. The van der Waals surface area contributed by atoms with Crippen LogP contribution in [0, 0.1) is 0 Å². The maximum absolute atomic E-state index is 10.4. The Morgan fingerprint density at radius 2 is 1.93 bits per heavy atom. The molecule has 15 heavy (non-hydrogen) atoms. The van der Waals surface area contributed by atoms with Crippen molar-refractivity contribution in [2.24, 2.45) is 5.73 Å². The van der Waals surface area contributed by atoms with E-state index in [1.807, 2.05) is 6.07 Å². The predicted molar refractivity (Wildman–Crippen MR) is 59.3 cm³/mol. The first-order valence-corrected chi connectivity index (χ1v) is 4.91. The fraction of sp³-hybridized carbons (Fsp3) is 0. The van der Waals surface area contributed by atoms with E-state index in [1.165, 1.54) is 11.5 Å². The van der Waals surface area contributed by atoms with Gasteiger partial charge in [0, 0.05) is 5.56 Å². The molecule has 1 aromatic carbocycles. The van der Waals surface area contributed by atoms with Crippen LogP contribution in [0.15, 0.2) is 35.7 Å². The Morgan fingerprint density at radius 3 is 2.20 bits per heavy atom. The van der Waals surface area contributed by atoms with E-state index < -0.39 is 0 Å². The Morgan fingerprint density at radius 1 is 1.27 bits per heavy atom. The van der Waals surface area contributed by atoms with Gasteiger partial charge in [-0.2, -0.15) is 0 Å². The van der Waals surface area contributed by atoms with Gasteiger partial charge in [0.1, 0.15) is 0 Å². The number of anilines is 1. The lowest BCUT2D eigenvalue weighted by molar-refractivity contribution is 0.100. The van der Waals surface area contributed by atoms with Crippen LogP contribution in [0.4, 0.5) is 5.82 Å². The van der Waals surface area contributed by atoms with Gasteiger partial charge < -0.3 is 11.5 Å². The number of hydrogen-bond donors (Lipinski definition) is 2. The van der Waals surface area contributed by atoms with Crippen LogP contribution in [0.3, 0.4) is 0 Å². The third-order valence-corrected chi connectivity index (χ3v) is 1.96. The van der Waals surface area contributed by atoms with Gasteiger partial charge in [0.05, 0.1) is 5.38 Å². The summed E-state index contributed by atoms with van der Waals surface area (Å²) < 4.78 is 3.49. The molecule has 2 aromatic rings. The molecule has 6 heteroatoms. The molecule has 0 bridgehead atoms. The SMILES string of the molecule is NC(=O)c1ccccc1.Nc1csnn1. The number of carbonyl (C=O) groups excluding carboxylic acids is 1. The second-order valence-electron chi connectivity index (χ2n) is 2.56. The average molecular weight is 222 g/mol. The van der Waals surface area contributed by atoms with Crippen molar-refractivity contribution in [3.63, 3.8) is 0 Å². The lowest BCUT2D eigenvalue weighted by Crippen LogP contribution is -2.09. The minimum atomic E-state index is -0.379. The maximum Gasteiger partial charge on any atom is 0.248 e. The molecule has 2 rings (SSSR count). The first kappa shape index (κ1) is 11.1. The molecule has 0 spiro atoms. The van der Waals surface area contributed by atoms with Crippen molar-refractivity contribution < 1.29 is 4.79 Å². The largest absolute Gasteiger partial charge is 0.381 e. The van der Waals surface area contributed by atoms with Crippen molar-refractivity contribution in [1.82, 2.24) is 9.59 Å². The third-order valence-electron chi connectivity index (χ3n) is 1.44. The molecule has 0 aliphatic carbocycles. The van der Waals surface area contributed by atoms with E-state index in [0.717, 1.165) is 0 Å². The van der Waals surface area contributed by atoms with Crippen molar-refractivity contribution >= 4 is 23.3 Å². The zero-order valence-electron chi connectivity index (χ0n) is 7.83. The zero-order valence-corrected chi connectivity index (χ0v) is 8.65. The van der Waals surface area contributed by atoms with Gasteiger partial charge >= 0.3 is 0 Å². The number of primary amides is 1. The van der Waals surface area contributed by atoms with Gasteiger partial charge in [0.2, 0.25) is 5.91 Å². The molecule has 0 unspecified atom stereocenters. The van der Waals surface area contributed by atoms with Crippen LogP contribution in [0.2, 0.25) is 0 Å². The van der Waals surface area contributed by atoms with Crippen LogP contribution in [0.25, 0.3) is 0 Å². The van der Waals surface area contributed by atoms with Gasteiger partial charge in [-0.1, -0.05) is 22.7 Å². The standard InChI is InChI=1S/C7H7NO.C2H3N3S/c8-7(9)6-4-2-1-3-5-6;3-2-1-6-5-4-2/h1-5H,(H2,8,9);1H,3H2. The van der Waals surface area contributed by atoms with Gasteiger partial charge in [-0.25, -0.2) is 0 Å². The lowest BCUT2D eigenvalue weighted by atomic mass is 10.2. The number of carbonyl (C=O) groups is 1. The molecular weight excluding hydrogens is 212 g/mol. The highest BCUT2D eigenvalue weighted by Gasteiger charge is 1.93. The Balaban J connectivity index is 0.000000162. The Kier molecular flexibility index (Phi) is 4.24. The van der Waals surface area contributed by atoms with Crippen molar-refractivity contribution in [3.05, 3.63) is 41.3 Å². The predicted octanol–water partition coefficient (Wildman–Crippen LogP) is 0.906. The lowest BCUT2D eigenvalue weighted by Gasteiger charge is -1.89. The summed E-state index contributed by atoms with van der Waals surface area (Å²) in [5, 5.41) is 5.14. The Hall–Kier alpha value is -1.95. The average Bonchev–Trinajstić information content (AvgIpc) is 2.71. The fourth-order valence-electron chi connectivity index (χ4n) is 0.774. The van der Waals surface area contributed by atoms with Crippen LogP contribution < -0.4 is 11.5 Å². The molecule has 0 saturated carbocycles. The van der Waals surface area contributed by atoms with Gasteiger partial charge in [-0.15, -0.1) is 5.10 Å². The van der Waals surface area contributed by atoms with Crippen molar-refractivity contribution in [1.29, 1.82) is 0 Å². The highest BCUT2D eigenvalue weighted by atomic mass is 32.1. The minimum absolute atomic E-state index is 0.379. The number of hydrogen-bond acceptors (Lipinski definition) is 5. The van der Waals surface area contributed by atoms with Crippen LogP contribution in [-0.2, 0) is 0 Å². The van der Waals surface area contributed by atoms with Crippen molar-refractivity contribution in [3.8, 4) is 0 Å². The topological polar surface area (TPSA) is 94.9 Å². The molecule has 5 nitrogen and oxygen atoms in total. The number of aromatic nitrogens is 2. The number of amides is 1. The maximum atomic E-state index is 10.4. The molecule has 0 aliphatic rings. The Labute approximate surface area is 90.9 Å². The normalized spacial score (nSPS) is 8.80. The van der Waals surface area contributed by atoms with Gasteiger partial charge in [-0.05, 0) is 23.7 Å². The van der Waals surface area contributed by atoms with E-state index >= 15 is 0 Å². The number of nitrogens with two attached hydrogens (primary N) is 2. The molecular formula is C9H10N4OS. The second kappa shape index (κ2) is 5.71. The monoisotopic (exact) mass is 222 g/mol. The van der Waals surface area contributed by atoms with E-state index in [1.54, 1.807) is 29.6 Å². The summed E-state index contributed by atoms with van der Waals surface area (Å²) >= 11 is 1.25. The summed E-state index contributed by atoms with van der Waals surface area (Å²) in [6, 6.07) is 8.76. The molecule has 1 aromatic heterocycles. The van der Waals surface area contributed by atoms with Crippen LogP contribution in [-0.4, -0.2) is 15.5 Å². The van der Waals surface area contributed by atoms with E-state index in [-0.39, 0.29) is 5.91 Å². The van der Waals surface area contributed by atoms with Gasteiger partial charge in [0.25, 0.3) is 0 Å². The molecule has 0 saturated heterocycles. The van der Waals surface area contributed by atoms with Crippen LogP contribution >= 0.6 is 11.5 Å². The minimum Gasteiger partial charge on any atom is -0.381 e. The van der Waals surface area contributed by atoms with Gasteiger partial charge in [0.15, 0.2) is 5.82 Å². The van der Waals surface area contributed by atoms with E-state index in [2.05, 4.69) is 9.59 Å². The molecule has 0 atom stereocenters. The number of rotatable bonds is 1. The van der Waals surface area contributed by atoms with Gasteiger partial charge in [-0.3, -0.25) is 4.79 Å². The highest BCUT2D eigenvalue weighted by molar-refractivity contribution is 7.03. The summed E-state index contributed by atoms with van der Waals surface area (Å²) in [7, 11) is 0. The molecule has 78 valence electrons. The van der Waals surface area contributed by atoms with Crippen molar-refractivity contribution in [2.75, 3.05) is 5.73 Å². The van der Waals surface area contributed by atoms with Crippen LogP contribution in [0.5, 0.6) is 0 Å². The van der Waals surface area contributed by atoms with E-state index in [9.17, 15) is 4.79 Å². The van der Waals surface area contributed by atoms with E-state index in [4.69, 9.17) is 11.5 Å². The summed E-state index contributed by atoms with van der Waals surface area (Å²) in [6.45, 7) is 0. The van der Waals surface area contributed by atoms with Crippen molar-refractivity contribution in [2.45, 2.75) is 0 Å². The zero-order chi connectivity index (χ0) is 11.1. The molecule has 0 radical (unpaired) electrons. The third kappa shape index (κ3) is 4.19. The van der Waals surface area contributed by atoms with Crippen LogP contribution in [0.1, 0.15) is 10.4 Å². The first-order chi connectivity index (χ1) is 7.20. The summed E-state index contributed by atoms with van der Waals surface area (Å²) in [6.07, 6.45) is 0.